The van der Waals surface area contributed by atoms with E-state index in [1.165, 1.54) is 11.3 Å². The largest absolute Gasteiger partial charge is 0.387 e. The molecule has 1 atom stereocenters. The third-order valence-electron chi connectivity index (χ3n) is 2.51. The second-order valence-corrected chi connectivity index (χ2v) is 4.72. The molecular formula is C13H11F2NO2S. The molecule has 1 unspecified atom stereocenters. The van der Waals surface area contributed by atoms with Gasteiger partial charge in [-0.25, -0.2) is 8.78 Å². The molecule has 0 saturated carbocycles. The van der Waals surface area contributed by atoms with Crippen molar-refractivity contribution in [3.8, 4) is 0 Å². The van der Waals surface area contributed by atoms with Crippen molar-refractivity contribution in [3.05, 3.63) is 57.8 Å². The van der Waals surface area contributed by atoms with Crippen LogP contribution in [-0.4, -0.2) is 17.6 Å². The number of thiophene rings is 1. The summed E-state index contributed by atoms with van der Waals surface area (Å²) >= 11 is 1.43. The lowest BCUT2D eigenvalue weighted by molar-refractivity contribution is 0.0915. The maximum atomic E-state index is 12.9. The van der Waals surface area contributed by atoms with E-state index in [0.29, 0.717) is 11.6 Å². The molecule has 0 saturated heterocycles. The molecule has 0 aliphatic heterocycles. The molecule has 0 aliphatic carbocycles. The predicted octanol–water partition coefficient (Wildman–Crippen LogP) is 2.49. The number of hydrogen-bond donors (Lipinski definition) is 2. The standard InChI is InChI=1S/C13H11F2NO2S/c14-10-3-9(4-11(15)5-10)13(18)16-6-12(17)8-1-2-19-7-8/h1-5,7,12,17H,6H2,(H,16,18). The quantitative estimate of drug-likeness (QED) is 0.905. The number of hydrogen-bond acceptors (Lipinski definition) is 3. The summed E-state index contributed by atoms with van der Waals surface area (Å²) in [6.45, 7) is -0.0201. The van der Waals surface area contributed by atoms with Gasteiger partial charge in [-0.2, -0.15) is 11.3 Å². The summed E-state index contributed by atoms with van der Waals surface area (Å²) in [4.78, 5) is 11.7. The van der Waals surface area contributed by atoms with E-state index >= 15 is 0 Å². The lowest BCUT2D eigenvalue weighted by Crippen LogP contribution is -2.28. The predicted molar refractivity (Wildman–Crippen MR) is 68.0 cm³/mol. The Morgan fingerprint density at radius 1 is 1.32 bits per heavy atom. The molecule has 0 bridgehead atoms. The highest BCUT2D eigenvalue weighted by Gasteiger charge is 2.12. The van der Waals surface area contributed by atoms with Crippen LogP contribution in [0.3, 0.4) is 0 Å². The summed E-state index contributed by atoms with van der Waals surface area (Å²) in [6.07, 6.45) is -0.839. The van der Waals surface area contributed by atoms with E-state index < -0.39 is 23.6 Å². The van der Waals surface area contributed by atoms with Crippen molar-refractivity contribution in [2.75, 3.05) is 6.54 Å². The van der Waals surface area contributed by atoms with Crippen LogP contribution in [0.4, 0.5) is 8.78 Å². The van der Waals surface area contributed by atoms with Gasteiger partial charge in [-0.1, -0.05) is 0 Å². The Bertz CT molecular complexity index is 552. The molecule has 100 valence electrons. The van der Waals surface area contributed by atoms with Crippen LogP contribution in [-0.2, 0) is 0 Å². The van der Waals surface area contributed by atoms with Gasteiger partial charge in [0.15, 0.2) is 0 Å². The minimum atomic E-state index is -0.839. The molecule has 6 heteroatoms. The molecule has 1 heterocycles. The van der Waals surface area contributed by atoms with E-state index in [1.54, 1.807) is 11.4 Å². The number of aliphatic hydroxyl groups excluding tert-OH is 1. The summed E-state index contributed by atoms with van der Waals surface area (Å²) in [5, 5.41) is 15.8. The Morgan fingerprint density at radius 2 is 2.00 bits per heavy atom. The monoisotopic (exact) mass is 283 g/mol. The molecule has 3 nitrogen and oxygen atoms in total. The number of aliphatic hydroxyl groups is 1. The molecule has 0 spiro atoms. The molecule has 1 aromatic carbocycles. The molecule has 0 radical (unpaired) electrons. The Kier molecular flexibility index (Phi) is 4.24. The highest BCUT2D eigenvalue weighted by molar-refractivity contribution is 7.07. The number of halogens is 2. The van der Waals surface area contributed by atoms with Crippen molar-refractivity contribution >= 4 is 17.2 Å². The molecule has 19 heavy (non-hydrogen) atoms. The number of rotatable bonds is 4. The number of carbonyl (C=O) groups excluding carboxylic acids is 1. The number of nitrogens with one attached hydrogen (secondary N) is 1. The second-order valence-electron chi connectivity index (χ2n) is 3.94. The van der Waals surface area contributed by atoms with Gasteiger partial charge in [-0.15, -0.1) is 0 Å². The van der Waals surface area contributed by atoms with Crippen molar-refractivity contribution in [2.24, 2.45) is 0 Å². The zero-order valence-electron chi connectivity index (χ0n) is 9.77. The van der Waals surface area contributed by atoms with Gasteiger partial charge in [0.05, 0.1) is 6.10 Å². The summed E-state index contributed by atoms with van der Waals surface area (Å²) in [5.41, 5.74) is 0.575. The average molecular weight is 283 g/mol. The molecular weight excluding hydrogens is 272 g/mol. The first-order chi connectivity index (χ1) is 9.06. The Morgan fingerprint density at radius 3 is 2.58 bits per heavy atom. The van der Waals surface area contributed by atoms with E-state index in [-0.39, 0.29) is 12.1 Å². The van der Waals surface area contributed by atoms with Crippen molar-refractivity contribution in [2.45, 2.75) is 6.10 Å². The zero-order valence-corrected chi connectivity index (χ0v) is 10.6. The first-order valence-electron chi connectivity index (χ1n) is 5.50. The molecule has 1 amide bonds. The Hall–Kier alpha value is -1.79. The first kappa shape index (κ1) is 13.6. The van der Waals surface area contributed by atoms with E-state index in [2.05, 4.69) is 5.32 Å². The van der Waals surface area contributed by atoms with Gasteiger partial charge in [-0.05, 0) is 34.5 Å². The summed E-state index contributed by atoms with van der Waals surface area (Å²) in [5.74, 6) is -2.26. The van der Waals surface area contributed by atoms with Gasteiger partial charge in [0.25, 0.3) is 5.91 Å². The van der Waals surface area contributed by atoms with E-state index in [1.807, 2.05) is 5.38 Å². The van der Waals surface area contributed by atoms with Crippen molar-refractivity contribution < 1.29 is 18.7 Å². The third-order valence-corrected chi connectivity index (χ3v) is 3.21. The van der Waals surface area contributed by atoms with Gasteiger partial charge in [0.1, 0.15) is 11.6 Å². The SMILES string of the molecule is O=C(NCC(O)c1ccsc1)c1cc(F)cc(F)c1. The van der Waals surface area contributed by atoms with Crippen LogP contribution in [0.2, 0.25) is 0 Å². The van der Waals surface area contributed by atoms with Gasteiger partial charge in [0.2, 0.25) is 0 Å². The topological polar surface area (TPSA) is 49.3 Å². The van der Waals surface area contributed by atoms with Gasteiger partial charge < -0.3 is 10.4 Å². The lowest BCUT2D eigenvalue weighted by atomic mass is 10.1. The summed E-state index contributed by atoms with van der Waals surface area (Å²) in [6, 6.07) is 4.31. The van der Waals surface area contributed by atoms with Gasteiger partial charge in [-0.3, -0.25) is 4.79 Å². The van der Waals surface area contributed by atoms with E-state index in [0.717, 1.165) is 12.1 Å². The van der Waals surface area contributed by atoms with Crippen LogP contribution in [0.1, 0.15) is 22.0 Å². The Labute approximate surface area is 112 Å². The molecule has 2 N–H and O–H groups in total. The smallest absolute Gasteiger partial charge is 0.251 e. The molecule has 0 fully saturated rings. The highest BCUT2D eigenvalue weighted by atomic mass is 32.1. The van der Waals surface area contributed by atoms with Crippen LogP contribution >= 0.6 is 11.3 Å². The lowest BCUT2D eigenvalue weighted by Gasteiger charge is -2.10. The van der Waals surface area contributed by atoms with Crippen molar-refractivity contribution in [1.82, 2.24) is 5.32 Å². The number of amides is 1. The van der Waals surface area contributed by atoms with Crippen LogP contribution < -0.4 is 5.32 Å². The highest BCUT2D eigenvalue weighted by Crippen LogP contribution is 2.15. The molecule has 2 aromatic rings. The summed E-state index contributed by atoms with van der Waals surface area (Å²) < 4.78 is 25.9. The van der Waals surface area contributed by atoms with E-state index in [4.69, 9.17) is 0 Å². The van der Waals surface area contributed by atoms with Crippen molar-refractivity contribution in [1.29, 1.82) is 0 Å². The van der Waals surface area contributed by atoms with Crippen molar-refractivity contribution in [3.63, 3.8) is 0 Å². The third kappa shape index (κ3) is 3.59. The second kappa shape index (κ2) is 5.90. The fourth-order valence-corrected chi connectivity index (χ4v) is 2.27. The molecule has 2 rings (SSSR count). The molecule has 0 aliphatic rings. The van der Waals surface area contributed by atoms with Crippen LogP contribution in [0, 0.1) is 11.6 Å². The average Bonchev–Trinajstić information content (AvgIpc) is 2.88. The minimum absolute atomic E-state index is 0.0201. The minimum Gasteiger partial charge on any atom is -0.387 e. The van der Waals surface area contributed by atoms with E-state index in [9.17, 15) is 18.7 Å². The van der Waals surface area contributed by atoms with Gasteiger partial charge in [0, 0.05) is 18.2 Å². The van der Waals surface area contributed by atoms with Crippen LogP contribution in [0.25, 0.3) is 0 Å². The fraction of sp³-hybridized carbons (Fsp3) is 0.154. The fourth-order valence-electron chi connectivity index (χ4n) is 1.56. The molecule has 1 aromatic heterocycles. The Balaban J connectivity index is 1.98. The van der Waals surface area contributed by atoms with Gasteiger partial charge >= 0.3 is 0 Å². The zero-order chi connectivity index (χ0) is 13.8. The summed E-state index contributed by atoms with van der Waals surface area (Å²) in [7, 11) is 0. The maximum absolute atomic E-state index is 12.9. The number of benzene rings is 1. The van der Waals surface area contributed by atoms with Crippen LogP contribution in [0.5, 0.6) is 0 Å². The normalized spacial score (nSPS) is 12.2. The number of carbonyl (C=O) groups is 1. The van der Waals surface area contributed by atoms with Crippen LogP contribution in [0.15, 0.2) is 35.0 Å². The maximum Gasteiger partial charge on any atom is 0.251 e. The first-order valence-corrected chi connectivity index (χ1v) is 6.45.